The van der Waals surface area contributed by atoms with Crippen molar-refractivity contribution in [3.05, 3.63) is 29.8 Å². The van der Waals surface area contributed by atoms with Crippen molar-refractivity contribution in [2.75, 3.05) is 12.8 Å². The molecule has 0 radical (unpaired) electrons. The van der Waals surface area contributed by atoms with Gasteiger partial charge in [0.2, 0.25) is 0 Å². The molecule has 0 aliphatic carbocycles. The van der Waals surface area contributed by atoms with Gasteiger partial charge in [0, 0.05) is 4.90 Å². The molecule has 0 aliphatic rings. The minimum Gasteiger partial charge on any atom is -0.392 e. The second kappa shape index (κ2) is 5.72. The normalized spacial score (nSPS) is 9.67. The van der Waals surface area contributed by atoms with Gasteiger partial charge in [-0.3, -0.25) is 4.79 Å². The molecule has 0 aliphatic heterocycles. The van der Waals surface area contributed by atoms with E-state index in [2.05, 4.69) is 17.5 Å². The number of amides is 1. The van der Waals surface area contributed by atoms with Crippen LogP contribution in [0.15, 0.2) is 29.2 Å². The van der Waals surface area contributed by atoms with Crippen LogP contribution in [0.4, 0.5) is 0 Å². The van der Waals surface area contributed by atoms with Crippen LogP contribution >= 0.6 is 24.0 Å². The molecule has 5 heteroatoms. The lowest BCUT2D eigenvalue weighted by molar-refractivity contribution is 0.0956. The minimum absolute atomic E-state index is 0.146. The predicted octanol–water partition coefficient (Wildman–Crippen LogP) is 1.42. The fourth-order valence-electron chi connectivity index (χ4n) is 1.09. The van der Waals surface area contributed by atoms with E-state index in [1.807, 2.05) is 24.5 Å². The standard InChI is InChI=1S/C10H12N2OS2/c1-15-8-5-3-2-4-7(8)10(13)12-6-9(11)14/h2-5H,6H2,1H3,(H2,11,14)(H,12,13). The topological polar surface area (TPSA) is 55.1 Å². The number of thioether (sulfide) groups is 1. The van der Waals surface area contributed by atoms with Gasteiger partial charge in [-0.05, 0) is 18.4 Å². The molecule has 0 spiro atoms. The van der Waals surface area contributed by atoms with E-state index in [1.54, 1.807) is 6.07 Å². The van der Waals surface area contributed by atoms with E-state index in [-0.39, 0.29) is 17.4 Å². The zero-order valence-corrected chi connectivity index (χ0v) is 9.95. The maximum atomic E-state index is 11.7. The van der Waals surface area contributed by atoms with Crippen LogP contribution in [0.25, 0.3) is 0 Å². The molecule has 1 aromatic carbocycles. The summed E-state index contributed by atoms with van der Waals surface area (Å²) < 4.78 is 0. The first-order valence-corrected chi connectivity index (χ1v) is 5.98. The number of rotatable bonds is 4. The second-order valence-corrected chi connectivity index (χ2v) is 4.22. The number of nitrogens with two attached hydrogens (primary N) is 1. The van der Waals surface area contributed by atoms with Gasteiger partial charge in [0.05, 0.1) is 17.1 Å². The molecule has 0 unspecified atom stereocenters. The first kappa shape index (κ1) is 12.0. The summed E-state index contributed by atoms with van der Waals surface area (Å²) in [5.74, 6) is -0.146. The first-order valence-electron chi connectivity index (χ1n) is 4.34. The highest BCUT2D eigenvalue weighted by Crippen LogP contribution is 2.19. The molecular formula is C10H12N2OS2. The van der Waals surface area contributed by atoms with Crippen molar-refractivity contribution in [1.29, 1.82) is 0 Å². The van der Waals surface area contributed by atoms with Crippen molar-refractivity contribution in [3.63, 3.8) is 0 Å². The summed E-state index contributed by atoms with van der Waals surface area (Å²) in [7, 11) is 0. The lowest BCUT2D eigenvalue weighted by Gasteiger charge is -2.07. The molecule has 15 heavy (non-hydrogen) atoms. The Hall–Kier alpha value is -1.07. The van der Waals surface area contributed by atoms with E-state index in [4.69, 9.17) is 5.73 Å². The van der Waals surface area contributed by atoms with Crippen molar-refractivity contribution >= 4 is 34.9 Å². The molecule has 3 nitrogen and oxygen atoms in total. The van der Waals surface area contributed by atoms with Crippen LogP contribution in [-0.4, -0.2) is 23.7 Å². The lowest BCUT2D eigenvalue weighted by Crippen LogP contribution is -2.32. The Morgan fingerprint density at radius 2 is 2.20 bits per heavy atom. The van der Waals surface area contributed by atoms with E-state index in [9.17, 15) is 4.79 Å². The number of benzene rings is 1. The maximum absolute atomic E-state index is 11.7. The smallest absolute Gasteiger partial charge is 0.252 e. The highest BCUT2D eigenvalue weighted by atomic mass is 32.2. The Morgan fingerprint density at radius 3 is 2.80 bits per heavy atom. The maximum Gasteiger partial charge on any atom is 0.252 e. The van der Waals surface area contributed by atoms with Crippen molar-refractivity contribution in [2.24, 2.45) is 5.73 Å². The van der Waals surface area contributed by atoms with Crippen LogP contribution in [-0.2, 0) is 0 Å². The predicted molar refractivity (Wildman–Crippen MR) is 67.3 cm³/mol. The number of carbonyl (C=O) groups is 1. The molecule has 1 rings (SSSR count). The van der Waals surface area contributed by atoms with Gasteiger partial charge in [-0.15, -0.1) is 11.8 Å². The van der Waals surface area contributed by atoms with Crippen LogP contribution in [0.2, 0.25) is 0 Å². The molecule has 0 bridgehead atoms. The van der Waals surface area contributed by atoms with Gasteiger partial charge in [0.15, 0.2) is 0 Å². The molecule has 0 fully saturated rings. The molecule has 0 heterocycles. The molecular weight excluding hydrogens is 228 g/mol. The van der Waals surface area contributed by atoms with Crippen molar-refractivity contribution < 1.29 is 4.79 Å². The van der Waals surface area contributed by atoms with Crippen LogP contribution in [0.3, 0.4) is 0 Å². The Kier molecular flexibility index (Phi) is 4.58. The number of hydrogen-bond acceptors (Lipinski definition) is 3. The Bertz CT molecular complexity index is 379. The second-order valence-electron chi connectivity index (χ2n) is 2.85. The van der Waals surface area contributed by atoms with E-state index >= 15 is 0 Å². The highest BCUT2D eigenvalue weighted by Gasteiger charge is 2.09. The van der Waals surface area contributed by atoms with Gasteiger partial charge in [0.1, 0.15) is 0 Å². The summed E-state index contributed by atoms with van der Waals surface area (Å²) in [6.45, 7) is 0.233. The number of carbonyl (C=O) groups excluding carboxylic acids is 1. The average Bonchev–Trinajstić information content (AvgIpc) is 2.25. The number of thiocarbonyl (C=S) groups is 1. The third-order valence-corrected chi connectivity index (χ3v) is 2.71. The summed E-state index contributed by atoms with van der Waals surface area (Å²) in [6.07, 6.45) is 1.93. The lowest BCUT2D eigenvalue weighted by atomic mass is 10.2. The summed E-state index contributed by atoms with van der Waals surface area (Å²) in [5, 5.41) is 2.65. The van der Waals surface area contributed by atoms with E-state index < -0.39 is 0 Å². The summed E-state index contributed by atoms with van der Waals surface area (Å²) in [5.41, 5.74) is 5.95. The van der Waals surface area contributed by atoms with Gasteiger partial charge in [-0.1, -0.05) is 24.4 Å². The molecule has 0 aromatic heterocycles. The SMILES string of the molecule is CSc1ccccc1C(=O)NCC(N)=S. The quantitative estimate of drug-likeness (QED) is 0.617. The van der Waals surface area contributed by atoms with Crippen molar-refractivity contribution in [1.82, 2.24) is 5.32 Å². The Morgan fingerprint density at radius 1 is 1.53 bits per heavy atom. The highest BCUT2D eigenvalue weighted by molar-refractivity contribution is 7.98. The minimum atomic E-state index is -0.146. The molecule has 1 aromatic rings. The molecule has 0 saturated carbocycles. The number of nitrogens with one attached hydrogen (secondary N) is 1. The van der Waals surface area contributed by atoms with Crippen molar-refractivity contribution in [3.8, 4) is 0 Å². The average molecular weight is 240 g/mol. The van der Waals surface area contributed by atoms with Crippen LogP contribution in [0, 0.1) is 0 Å². The first-order chi connectivity index (χ1) is 7.15. The fraction of sp³-hybridized carbons (Fsp3) is 0.200. The van der Waals surface area contributed by atoms with Gasteiger partial charge in [0.25, 0.3) is 5.91 Å². The van der Waals surface area contributed by atoms with Gasteiger partial charge in [-0.2, -0.15) is 0 Å². The zero-order chi connectivity index (χ0) is 11.3. The summed E-state index contributed by atoms with van der Waals surface area (Å²) >= 11 is 6.22. The van der Waals surface area contributed by atoms with Crippen LogP contribution < -0.4 is 11.1 Å². The third kappa shape index (κ3) is 3.53. The van der Waals surface area contributed by atoms with Gasteiger partial charge in [-0.25, -0.2) is 0 Å². The van der Waals surface area contributed by atoms with Crippen molar-refractivity contribution in [2.45, 2.75) is 4.90 Å². The third-order valence-electron chi connectivity index (χ3n) is 1.77. The zero-order valence-electron chi connectivity index (χ0n) is 8.32. The molecule has 0 atom stereocenters. The molecule has 1 amide bonds. The summed E-state index contributed by atoms with van der Waals surface area (Å²) in [6, 6.07) is 7.41. The van der Waals surface area contributed by atoms with Gasteiger partial charge < -0.3 is 11.1 Å². The van der Waals surface area contributed by atoms with E-state index in [1.165, 1.54) is 11.8 Å². The van der Waals surface area contributed by atoms with Crippen LogP contribution in [0.5, 0.6) is 0 Å². The van der Waals surface area contributed by atoms with Crippen LogP contribution in [0.1, 0.15) is 10.4 Å². The van der Waals surface area contributed by atoms with E-state index in [0.717, 1.165) is 4.90 Å². The van der Waals surface area contributed by atoms with Gasteiger partial charge >= 0.3 is 0 Å². The molecule has 0 saturated heterocycles. The Balaban J connectivity index is 2.77. The summed E-state index contributed by atoms with van der Waals surface area (Å²) in [4.78, 5) is 12.9. The number of hydrogen-bond donors (Lipinski definition) is 2. The molecule has 3 N–H and O–H groups in total. The molecule has 80 valence electrons. The Labute approximate surface area is 98.4 Å². The fourth-order valence-corrected chi connectivity index (χ4v) is 1.76. The monoisotopic (exact) mass is 240 g/mol. The van der Waals surface area contributed by atoms with E-state index in [0.29, 0.717) is 5.56 Å². The largest absolute Gasteiger partial charge is 0.392 e.